The molecule has 0 atom stereocenters. The molecular formula is C19H31ClN2O4. The summed E-state index contributed by atoms with van der Waals surface area (Å²) >= 11 is 0. The Morgan fingerprint density at radius 2 is 1.62 bits per heavy atom. The van der Waals surface area contributed by atoms with Crippen molar-refractivity contribution in [3.05, 3.63) is 17.7 Å². The average molecular weight is 387 g/mol. The third-order valence-corrected chi connectivity index (χ3v) is 5.15. The minimum Gasteiger partial charge on any atom is -0.496 e. The molecule has 1 aromatic carbocycles. The molecule has 2 rings (SSSR count). The lowest BCUT2D eigenvalue weighted by molar-refractivity contribution is -0.124. The molecular weight excluding hydrogens is 356 g/mol. The van der Waals surface area contributed by atoms with Gasteiger partial charge in [0, 0.05) is 24.6 Å². The predicted octanol–water partition coefficient (Wildman–Crippen LogP) is 3.05. The van der Waals surface area contributed by atoms with Crippen LogP contribution in [-0.4, -0.2) is 33.8 Å². The Bertz CT molecular complexity index is 589. The number of nitrogens with two attached hydrogens (primary N) is 1. The van der Waals surface area contributed by atoms with E-state index in [1.807, 2.05) is 6.07 Å². The molecule has 0 unspecified atom stereocenters. The van der Waals surface area contributed by atoms with Gasteiger partial charge in [-0.05, 0) is 30.9 Å². The van der Waals surface area contributed by atoms with E-state index in [4.69, 9.17) is 19.9 Å². The number of amides is 1. The van der Waals surface area contributed by atoms with Crippen molar-refractivity contribution in [1.29, 1.82) is 0 Å². The highest BCUT2D eigenvalue weighted by molar-refractivity contribution is 5.85. The summed E-state index contributed by atoms with van der Waals surface area (Å²) in [4.78, 5) is 12.5. The van der Waals surface area contributed by atoms with Gasteiger partial charge < -0.3 is 25.3 Å². The number of halogens is 1. The summed E-state index contributed by atoms with van der Waals surface area (Å²) in [5, 5.41) is 3.00. The maximum Gasteiger partial charge on any atom is 0.220 e. The summed E-state index contributed by atoms with van der Waals surface area (Å²) in [6, 6.07) is 3.60. The lowest BCUT2D eigenvalue weighted by atomic mass is 9.71. The van der Waals surface area contributed by atoms with Crippen LogP contribution in [0.4, 0.5) is 0 Å². The third kappa shape index (κ3) is 5.42. The van der Waals surface area contributed by atoms with Crippen molar-refractivity contribution in [2.75, 3.05) is 27.9 Å². The van der Waals surface area contributed by atoms with Crippen LogP contribution in [0.5, 0.6) is 17.2 Å². The molecule has 1 saturated carbocycles. The Hall–Kier alpha value is -1.66. The first kappa shape index (κ1) is 22.4. The molecule has 0 radical (unpaired) electrons. The van der Waals surface area contributed by atoms with Crippen LogP contribution >= 0.6 is 12.4 Å². The number of benzene rings is 1. The highest BCUT2D eigenvalue weighted by atomic mass is 35.5. The zero-order valence-electron chi connectivity index (χ0n) is 15.9. The van der Waals surface area contributed by atoms with Gasteiger partial charge in [-0.3, -0.25) is 4.79 Å². The van der Waals surface area contributed by atoms with E-state index in [-0.39, 0.29) is 23.7 Å². The van der Waals surface area contributed by atoms with Gasteiger partial charge in [-0.15, -0.1) is 12.4 Å². The molecule has 0 heterocycles. The maximum atomic E-state index is 12.5. The zero-order chi connectivity index (χ0) is 18.3. The fraction of sp³-hybridized carbons (Fsp3) is 0.632. The molecule has 26 heavy (non-hydrogen) atoms. The van der Waals surface area contributed by atoms with E-state index < -0.39 is 0 Å². The second-order valence-corrected chi connectivity index (χ2v) is 6.74. The number of ether oxygens (including phenoxy) is 3. The van der Waals surface area contributed by atoms with Crippen LogP contribution in [0.3, 0.4) is 0 Å². The average Bonchev–Trinajstić information content (AvgIpc) is 2.66. The molecule has 7 heteroatoms. The lowest BCUT2D eigenvalue weighted by Gasteiger charge is -2.35. The monoisotopic (exact) mass is 386 g/mol. The normalized spacial score (nSPS) is 15.5. The van der Waals surface area contributed by atoms with Crippen LogP contribution in [0.2, 0.25) is 0 Å². The Morgan fingerprint density at radius 1 is 1.04 bits per heavy atom. The molecule has 0 bridgehead atoms. The summed E-state index contributed by atoms with van der Waals surface area (Å²) in [5.41, 5.74) is 6.79. The molecule has 1 aliphatic rings. The van der Waals surface area contributed by atoms with Crippen molar-refractivity contribution in [3.8, 4) is 17.2 Å². The molecule has 3 N–H and O–H groups in total. The summed E-state index contributed by atoms with van der Waals surface area (Å²) in [5.74, 6) is 1.89. The van der Waals surface area contributed by atoms with Gasteiger partial charge in [0.2, 0.25) is 5.91 Å². The number of hydrogen-bond donors (Lipinski definition) is 2. The van der Waals surface area contributed by atoms with Gasteiger partial charge in [0.05, 0.1) is 21.3 Å². The minimum atomic E-state index is -0.0377. The van der Waals surface area contributed by atoms with E-state index in [0.29, 0.717) is 36.8 Å². The number of hydrogen-bond acceptors (Lipinski definition) is 5. The molecule has 1 amide bonds. The number of carbonyl (C=O) groups excluding carboxylic acids is 1. The second-order valence-electron chi connectivity index (χ2n) is 6.74. The SMILES string of the molecule is COc1cc(OC)c(OC)cc1CNC(=O)CC1(CN)CCCCC1.Cl. The third-order valence-electron chi connectivity index (χ3n) is 5.15. The van der Waals surface area contributed by atoms with Crippen LogP contribution in [0.15, 0.2) is 12.1 Å². The second kappa shape index (κ2) is 10.5. The highest BCUT2D eigenvalue weighted by Crippen LogP contribution is 2.38. The van der Waals surface area contributed by atoms with Crippen LogP contribution in [0.25, 0.3) is 0 Å². The van der Waals surface area contributed by atoms with Gasteiger partial charge in [-0.2, -0.15) is 0 Å². The van der Waals surface area contributed by atoms with Crippen LogP contribution in [-0.2, 0) is 11.3 Å². The van der Waals surface area contributed by atoms with Gasteiger partial charge >= 0.3 is 0 Å². The van der Waals surface area contributed by atoms with Crippen molar-refractivity contribution in [1.82, 2.24) is 5.32 Å². The maximum absolute atomic E-state index is 12.5. The fourth-order valence-electron chi connectivity index (χ4n) is 3.58. The molecule has 0 aliphatic heterocycles. The van der Waals surface area contributed by atoms with E-state index in [0.717, 1.165) is 31.2 Å². The van der Waals surface area contributed by atoms with E-state index in [9.17, 15) is 4.79 Å². The summed E-state index contributed by atoms with van der Waals surface area (Å²) < 4.78 is 16.0. The lowest BCUT2D eigenvalue weighted by Crippen LogP contribution is -2.38. The van der Waals surface area contributed by atoms with Gasteiger partial charge in [0.25, 0.3) is 0 Å². The first-order valence-electron chi connectivity index (χ1n) is 8.83. The number of rotatable bonds is 8. The minimum absolute atomic E-state index is 0. The van der Waals surface area contributed by atoms with E-state index >= 15 is 0 Å². The van der Waals surface area contributed by atoms with Crippen molar-refractivity contribution in [2.24, 2.45) is 11.1 Å². The van der Waals surface area contributed by atoms with Gasteiger partial charge in [0.15, 0.2) is 11.5 Å². The molecule has 0 saturated heterocycles. The first-order valence-corrected chi connectivity index (χ1v) is 8.83. The summed E-state index contributed by atoms with van der Waals surface area (Å²) in [7, 11) is 4.76. The summed E-state index contributed by atoms with van der Waals surface area (Å²) in [6.07, 6.45) is 6.13. The topological polar surface area (TPSA) is 82.8 Å². The molecule has 1 aromatic rings. The number of methoxy groups -OCH3 is 3. The van der Waals surface area contributed by atoms with Crippen LogP contribution < -0.4 is 25.3 Å². The largest absolute Gasteiger partial charge is 0.496 e. The summed E-state index contributed by atoms with van der Waals surface area (Å²) in [6.45, 7) is 0.948. The Labute approximate surface area is 162 Å². The van der Waals surface area contributed by atoms with E-state index in [1.165, 1.54) is 6.42 Å². The van der Waals surface area contributed by atoms with Crippen LogP contribution in [0, 0.1) is 5.41 Å². The smallest absolute Gasteiger partial charge is 0.220 e. The highest BCUT2D eigenvalue weighted by Gasteiger charge is 2.32. The quantitative estimate of drug-likeness (QED) is 0.717. The molecule has 148 valence electrons. The molecule has 1 fully saturated rings. The molecule has 0 spiro atoms. The Balaban J connectivity index is 0.00000338. The molecule has 1 aliphatic carbocycles. The van der Waals surface area contributed by atoms with Gasteiger partial charge in [0.1, 0.15) is 5.75 Å². The van der Waals surface area contributed by atoms with E-state index in [1.54, 1.807) is 27.4 Å². The standard InChI is InChI=1S/C19H30N2O4.ClH/c1-23-15-10-17(25-3)16(24-2)9-14(15)12-21-18(22)11-19(13-20)7-5-4-6-8-19;/h9-10H,4-8,11-13,20H2,1-3H3,(H,21,22);1H. The van der Waals surface area contributed by atoms with Crippen molar-refractivity contribution >= 4 is 18.3 Å². The van der Waals surface area contributed by atoms with Crippen LogP contribution in [0.1, 0.15) is 44.1 Å². The van der Waals surface area contributed by atoms with Gasteiger partial charge in [-0.25, -0.2) is 0 Å². The first-order chi connectivity index (χ1) is 12.1. The Kier molecular flexibility index (Phi) is 9.02. The molecule has 6 nitrogen and oxygen atoms in total. The zero-order valence-corrected chi connectivity index (χ0v) is 16.7. The molecule has 0 aromatic heterocycles. The van der Waals surface area contributed by atoms with E-state index in [2.05, 4.69) is 5.32 Å². The Morgan fingerprint density at radius 3 is 2.15 bits per heavy atom. The fourth-order valence-corrected chi connectivity index (χ4v) is 3.58. The predicted molar refractivity (Wildman–Crippen MR) is 104 cm³/mol. The number of carbonyl (C=O) groups is 1. The van der Waals surface area contributed by atoms with Crippen molar-refractivity contribution in [2.45, 2.75) is 45.1 Å². The van der Waals surface area contributed by atoms with Gasteiger partial charge in [-0.1, -0.05) is 19.3 Å². The van der Waals surface area contributed by atoms with Crippen molar-refractivity contribution in [3.63, 3.8) is 0 Å². The number of nitrogens with one attached hydrogen (secondary N) is 1. The van der Waals surface area contributed by atoms with Crippen molar-refractivity contribution < 1.29 is 19.0 Å².